The molecule has 2 aromatic carbocycles. The van der Waals surface area contributed by atoms with Crippen LogP contribution in [-0.4, -0.2) is 24.0 Å². The molecule has 0 saturated carbocycles. The summed E-state index contributed by atoms with van der Waals surface area (Å²) in [6, 6.07) is 16.2. The molecule has 0 spiro atoms. The van der Waals surface area contributed by atoms with Gasteiger partial charge < -0.3 is 10.2 Å². The third kappa shape index (κ3) is 3.51. The van der Waals surface area contributed by atoms with E-state index in [1.54, 1.807) is 11.3 Å². The Hall–Kier alpha value is -2.40. The second kappa shape index (κ2) is 6.84. The number of aromatic nitrogens is 1. The van der Waals surface area contributed by atoms with Crippen molar-refractivity contribution >= 4 is 38.3 Å². The summed E-state index contributed by atoms with van der Waals surface area (Å²) in [5, 5.41) is 4.13. The van der Waals surface area contributed by atoms with Crippen molar-refractivity contribution in [3.63, 3.8) is 0 Å². The molecule has 4 nitrogen and oxygen atoms in total. The summed E-state index contributed by atoms with van der Waals surface area (Å²) >= 11 is 1.73. The molecule has 1 fully saturated rings. The fourth-order valence-corrected chi connectivity index (χ4v) is 4.31. The van der Waals surface area contributed by atoms with Crippen molar-refractivity contribution in [3.05, 3.63) is 54.1 Å². The van der Waals surface area contributed by atoms with Gasteiger partial charge in [-0.1, -0.05) is 35.6 Å². The van der Waals surface area contributed by atoms with Crippen molar-refractivity contribution < 1.29 is 4.79 Å². The molecule has 0 bridgehead atoms. The maximum atomic E-state index is 12.5. The van der Waals surface area contributed by atoms with Crippen molar-refractivity contribution in [2.24, 2.45) is 5.92 Å². The van der Waals surface area contributed by atoms with Crippen molar-refractivity contribution in [1.82, 2.24) is 4.98 Å². The first kappa shape index (κ1) is 16.1. The Balaban J connectivity index is 1.38. The highest BCUT2D eigenvalue weighted by atomic mass is 32.1. The van der Waals surface area contributed by atoms with Crippen molar-refractivity contribution in [1.29, 1.82) is 0 Å². The number of benzene rings is 2. The first-order valence-corrected chi connectivity index (χ1v) is 9.49. The number of nitrogens with zero attached hydrogens (tertiary/aromatic N) is 2. The van der Waals surface area contributed by atoms with Gasteiger partial charge in [0.2, 0.25) is 5.91 Å². The van der Waals surface area contributed by atoms with Crippen LogP contribution in [0.5, 0.6) is 0 Å². The molecule has 25 heavy (non-hydrogen) atoms. The average molecular weight is 351 g/mol. The largest absolute Gasteiger partial charge is 0.348 e. The van der Waals surface area contributed by atoms with Gasteiger partial charge in [-0.2, -0.15) is 0 Å². The highest BCUT2D eigenvalue weighted by molar-refractivity contribution is 7.22. The van der Waals surface area contributed by atoms with E-state index in [9.17, 15) is 4.79 Å². The van der Waals surface area contributed by atoms with Gasteiger partial charge in [0.15, 0.2) is 5.13 Å². The van der Waals surface area contributed by atoms with Crippen LogP contribution in [0.1, 0.15) is 18.4 Å². The standard InChI is InChI=1S/C20H21N3OS/c1-14-5-4-6-16(13-14)21-19(24)15-9-11-23(12-10-15)20-22-17-7-2-3-8-18(17)25-20/h2-8,13,15H,9-12H2,1H3,(H,21,24). The summed E-state index contributed by atoms with van der Waals surface area (Å²) in [4.78, 5) is 19.6. The Kier molecular flexibility index (Phi) is 4.40. The lowest BCUT2D eigenvalue weighted by molar-refractivity contribution is -0.120. The molecule has 0 atom stereocenters. The summed E-state index contributed by atoms with van der Waals surface area (Å²) < 4.78 is 1.22. The van der Waals surface area contributed by atoms with Crippen molar-refractivity contribution in [2.75, 3.05) is 23.3 Å². The Morgan fingerprint density at radius 2 is 1.96 bits per heavy atom. The lowest BCUT2D eigenvalue weighted by atomic mass is 9.96. The Morgan fingerprint density at radius 1 is 1.16 bits per heavy atom. The number of amides is 1. The van der Waals surface area contributed by atoms with Gasteiger partial charge >= 0.3 is 0 Å². The van der Waals surface area contributed by atoms with E-state index in [2.05, 4.69) is 22.3 Å². The maximum absolute atomic E-state index is 12.5. The first-order chi connectivity index (χ1) is 12.2. The average Bonchev–Trinajstić information content (AvgIpc) is 3.06. The molecular formula is C20H21N3OS. The minimum absolute atomic E-state index is 0.0751. The van der Waals surface area contributed by atoms with Crippen LogP contribution in [-0.2, 0) is 4.79 Å². The topological polar surface area (TPSA) is 45.2 Å². The molecule has 0 aliphatic carbocycles. The number of anilines is 2. The van der Waals surface area contributed by atoms with E-state index in [4.69, 9.17) is 4.98 Å². The molecule has 0 radical (unpaired) electrons. The van der Waals surface area contributed by atoms with Crippen LogP contribution in [0.15, 0.2) is 48.5 Å². The molecule has 1 aliphatic heterocycles. The minimum atomic E-state index is 0.0751. The number of rotatable bonds is 3. The highest BCUT2D eigenvalue weighted by Crippen LogP contribution is 2.31. The lowest BCUT2D eigenvalue weighted by Gasteiger charge is -2.31. The van der Waals surface area contributed by atoms with Crippen LogP contribution in [0.3, 0.4) is 0 Å². The number of carbonyl (C=O) groups is 1. The Labute approximate surface area is 151 Å². The molecule has 1 saturated heterocycles. The number of piperidine rings is 1. The first-order valence-electron chi connectivity index (χ1n) is 8.67. The summed E-state index contributed by atoms with van der Waals surface area (Å²) in [6.45, 7) is 3.80. The van der Waals surface area contributed by atoms with Crippen molar-refractivity contribution in [2.45, 2.75) is 19.8 Å². The van der Waals surface area contributed by atoms with Gasteiger partial charge in [-0.25, -0.2) is 4.98 Å². The molecule has 1 aliphatic rings. The van der Waals surface area contributed by atoms with Crippen LogP contribution in [0.4, 0.5) is 10.8 Å². The Bertz CT molecular complexity index is 864. The van der Waals surface area contributed by atoms with Gasteiger partial charge in [0.1, 0.15) is 0 Å². The zero-order valence-corrected chi connectivity index (χ0v) is 15.1. The summed E-state index contributed by atoms with van der Waals surface area (Å²) in [5.41, 5.74) is 3.10. The molecular weight excluding hydrogens is 330 g/mol. The SMILES string of the molecule is Cc1cccc(NC(=O)C2CCN(c3nc4ccccc4s3)CC2)c1. The molecule has 0 unspecified atom stereocenters. The molecule has 5 heteroatoms. The van der Waals surface area contributed by atoms with E-state index in [1.807, 2.05) is 43.3 Å². The van der Waals surface area contributed by atoms with Crippen LogP contribution >= 0.6 is 11.3 Å². The number of aryl methyl sites for hydroxylation is 1. The van der Waals surface area contributed by atoms with Crippen LogP contribution < -0.4 is 10.2 Å². The van der Waals surface area contributed by atoms with E-state index in [0.717, 1.165) is 47.8 Å². The predicted octanol–water partition coefficient (Wildman–Crippen LogP) is 4.46. The van der Waals surface area contributed by atoms with Gasteiger partial charge in [0.05, 0.1) is 10.2 Å². The fraction of sp³-hybridized carbons (Fsp3) is 0.300. The molecule has 1 aromatic heterocycles. The number of para-hydroxylation sites is 1. The molecule has 3 aromatic rings. The number of hydrogen-bond donors (Lipinski definition) is 1. The number of thiazole rings is 1. The monoisotopic (exact) mass is 351 g/mol. The molecule has 1 N–H and O–H groups in total. The quantitative estimate of drug-likeness (QED) is 0.758. The highest BCUT2D eigenvalue weighted by Gasteiger charge is 2.26. The smallest absolute Gasteiger partial charge is 0.227 e. The summed E-state index contributed by atoms with van der Waals surface area (Å²) in [7, 11) is 0. The molecule has 1 amide bonds. The van der Waals surface area contributed by atoms with Gasteiger partial charge in [-0.15, -0.1) is 0 Å². The van der Waals surface area contributed by atoms with Gasteiger partial charge in [-0.3, -0.25) is 4.79 Å². The zero-order chi connectivity index (χ0) is 17.2. The van der Waals surface area contributed by atoms with Gasteiger partial charge in [-0.05, 0) is 49.6 Å². The second-order valence-electron chi connectivity index (χ2n) is 6.58. The normalized spacial score (nSPS) is 15.5. The molecule has 4 rings (SSSR count). The lowest BCUT2D eigenvalue weighted by Crippen LogP contribution is -2.38. The second-order valence-corrected chi connectivity index (χ2v) is 7.59. The summed E-state index contributed by atoms with van der Waals surface area (Å²) in [5.74, 6) is 0.209. The van der Waals surface area contributed by atoms with E-state index in [-0.39, 0.29) is 11.8 Å². The van der Waals surface area contributed by atoms with Crippen LogP contribution in [0.25, 0.3) is 10.2 Å². The van der Waals surface area contributed by atoms with E-state index < -0.39 is 0 Å². The molecule has 2 heterocycles. The predicted molar refractivity (Wildman–Crippen MR) is 104 cm³/mol. The zero-order valence-electron chi connectivity index (χ0n) is 14.2. The number of nitrogens with one attached hydrogen (secondary N) is 1. The summed E-state index contributed by atoms with van der Waals surface area (Å²) in [6.07, 6.45) is 1.74. The van der Waals surface area contributed by atoms with Crippen LogP contribution in [0, 0.1) is 12.8 Å². The fourth-order valence-electron chi connectivity index (χ4n) is 3.30. The number of carbonyl (C=O) groups excluding carboxylic acids is 1. The number of hydrogen-bond acceptors (Lipinski definition) is 4. The Morgan fingerprint density at radius 3 is 2.72 bits per heavy atom. The van der Waals surface area contributed by atoms with E-state index in [1.165, 1.54) is 4.70 Å². The minimum Gasteiger partial charge on any atom is -0.348 e. The third-order valence-corrected chi connectivity index (χ3v) is 5.80. The number of fused-ring (bicyclic) bond motifs is 1. The van der Waals surface area contributed by atoms with E-state index >= 15 is 0 Å². The van der Waals surface area contributed by atoms with E-state index in [0.29, 0.717) is 0 Å². The van der Waals surface area contributed by atoms with Crippen LogP contribution in [0.2, 0.25) is 0 Å². The van der Waals surface area contributed by atoms with Gasteiger partial charge in [0.25, 0.3) is 0 Å². The maximum Gasteiger partial charge on any atom is 0.227 e. The third-order valence-electron chi connectivity index (χ3n) is 4.70. The van der Waals surface area contributed by atoms with Crippen molar-refractivity contribution in [3.8, 4) is 0 Å². The molecule has 128 valence electrons. The van der Waals surface area contributed by atoms with Gasteiger partial charge in [0, 0.05) is 24.7 Å².